The van der Waals surface area contributed by atoms with Crippen molar-refractivity contribution in [2.75, 3.05) is 0 Å². The maximum atomic E-state index is 13.3. The molecule has 0 spiro atoms. The quantitative estimate of drug-likeness (QED) is 0.226. The topological polar surface area (TPSA) is 20.2 Å². The van der Waals surface area contributed by atoms with Gasteiger partial charge in [0.25, 0.3) is 0 Å². The third-order valence-electron chi connectivity index (χ3n) is 8.83. The number of fused-ring (bicyclic) bond motifs is 2. The predicted octanol–water partition coefficient (Wildman–Crippen LogP) is 10.3. The summed E-state index contributed by atoms with van der Waals surface area (Å²) in [5.41, 5.74) is 9.64. The Labute approximate surface area is 252 Å². The maximum Gasteiger partial charge on any atom is 0.141 e. The van der Waals surface area contributed by atoms with E-state index in [9.17, 15) is 5.11 Å². The largest absolute Gasteiger partial charge is 0.376 e. The van der Waals surface area contributed by atoms with E-state index in [1.807, 2.05) is 42.5 Å². The van der Waals surface area contributed by atoms with E-state index in [-0.39, 0.29) is 5.41 Å². The van der Waals surface area contributed by atoms with Gasteiger partial charge in [-0.15, -0.1) is 0 Å². The van der Waals surface area contributed by atoms with Gasteiger partial charge in [0, 0.05) is 16.0 Å². The highest BCUT2D eigenvalue weighted by atomic mass is 35.5. The summed E-state index contributed by atoms with van der Waals surface area (Å²) < 4.78 is 0. The minimum atomic E-state index is -1.39. The summed E-state index contributed by atoms with van der Waals surface area (Å²) in [6.07, 6.45) is 0. The van der Waals surface area contributed by atoms with Crippen LogP contribution in [0.2, 0.25) is 5.02 Å². The van der Waals surface area contributed by atoms with Gasteiger partial charge < -0.3 is 5.11 Å². The molecule has 1 aliphatic carbocycles. The number of benzene rings is 6. The van der Waals surface area contributed by atoms with Crippen molar-refractivity contribution in [3.8, 4) is 33.4 Å². The first-order chi connectivity index (χ1) is 20.4. The van der Waals surface area contributed by atoms with Gasteiger partial charge >= 0.3 is 0 Å². The van der Waals surface area contributed by atoms with Crippen molar-refractivity contribution in [3.63, 3.8) is 0 Å². The molecule has 0 unspecified atom stereocenters. The highest BCUT2D eigenvalue weighted by molar-refractivity contribution is 6.30. The zero-order chi connectivity index (χ0) is 28.9. The molecule has 1 nitrogen and oxygen atoms in total. The zero-order valence-corrected chi connectivity index (χ0v) is 24.4. The maximum absolute atomic E-state index is 13.3. The Bertz CT molecular complexity index is 1830. The van der Waals surface area contributed by atoms with E-state index in [1.54, 1.807) is 0 Å². The average Bonchev–Trinajstić information content (AvgIpc) is 3.04. The van der Waals surface area contributed by atoms with Gasteiger partial charge in [0.1, 0.15) is 5.60 Å². The molecule has 0 bridgehead atoms. The van der Waals surface area contributed by atoms with Crippen LogP contribution in [0.3, 0.4) is 0 Å². The van der Waals surface area contributed by atoms with E-state index < -0.39 is 5.60 Å². The number of hydrogen-bond acceptors (Lipinski definition) is 1. The van der Waals surface area contributed by atoms with Crippen molar-refractivity contribution in [1.82, 2.24) is 0 Å². The minimum absolute atomic E-state index is 0.364. The molecule has 1 N–H and O–H groups in total. The fourth-order valence-corrected chi connectivity index (χ4v) is 6.85. The summed E-state index contributed by atoms with van der Waals surface area (Å²) in [6, 6.07) is 50.0. The first-order valence-electron chi connectivity index (χ1n) is 14.4. The van der Waals surface area contributed by atoms with Crippen LogP contribution in [0.1, 0.15) is 41.7 Å². The molecule has 204 valence electrons. The monoisotopic (exact) mass is 562 g/mol. The van der Waals surface area contributed by atoms with E-state index >= 15 is 0 Å². The van der Waals surface area contributed by atoms with Crippen LogP contribution >= 0.6 is 11.6 Å². The van der Waals surface area contributed by atoms with Gasteiger partial charge in [0.05, 0.1) is 0 Å². The lowest BCUT2D eigenvalue weighted by Crippen LogP contribution is -2.41. The van der Waals surface area contributed by atoms with E-state index in [0.29, 0.717) is 5.02 Å². The molecular weight excluding hydrogens is 532 g/mol. The van der Waals surface area contributed by atoms with Gasteiger partial charge in [-0.25, -0.2) is 0 Å². The summed E-state index contributed by atoms with van der Waals surface area (Å²) >= 11 is 6.46. The molecule has 2 heteroatoms. The summed E-state index contributed by atoms with van der Waals surface area (Å²) in [5.74, 6) is 0. The number of aliphatic hydroxyl groups is 1. The Morgan fingerprint density at radius 2 is 0.929 bits per heavy atom. The first-order valence-corrected chi connectivity index (χ1v) is 14.7. The van der Waals surface area contributed by atoms with Crippen LogP contribution in [-0.2, 0) is 11.0 Å². The van der Waals surface area contributed by atoms with Gasteiger partial charge in [-0.05, 0) is 79.9 Å². The minimum Gasteiger partial charge on any atom is -0.376 e. The molecule has 0 radical (unpaired) electrons. The Morgan fingerprint density at radius 3 is 1.48 bits per heavy atom. The number of halogens is 1. The Hall–Kier alpha value is -4.43. The van der Waals surface area contributed by atoms with Gasteiger partial charge in [-0.3, -0.25) is 0 Å². The second-order valence-corrected chi connectivity index (χ2v) is 12.1. The smallest absolute Gasteiger partial charge is 0.141 e. The summed E-state index contributed by atoms with van der Waals surface area (Å²) in [4.78, 5) is 0. The normalized spacial score (nSPS) is 14.6. The van der Waals surface area contributed by atoms with E-state index in [0.717, 1.165) is 61.2 Å². The molecule has 0 amide bonds. The van der Waals surface area contributed by atoms with Crippen LogP contribution < -0.4 is 0 Å². The lowest BCUT2D eigenvalue weighted by Gasteiger charge is -2.45. The van der Waals surface area contributed by atoms with Gasteiger partial charge in [-0.2, -0.15) is 0 Å². The van der Waals surface area contributed by atoms with E-state index in [1.165, 1.54) is 0 Å². The Kier molecular flexibility index (Phi) is 6.39. The summed E-state index contributed by atoms with van der Waals surface area (Å²) in [7, 11) is 0. The second-order valence-electron chi connectivity index (χ2n) is 11.6. The van der Waals surface area contributed by atoms with Crippen molar-refractivity contribution >= 4 is 11.6 Å². The van der Waals surface area contributed by atoms with Crippen LogP contribution in [0.5, 0.6) is 0 Å². The molecule has 1 aliphatic rings. The average molecular weight is 563 g/mol. The molecule has 0 heterocycles. The summed E-state index contributed by atoms with van der Waals surface area (Å²) in [6.45, 7) is 4.55. The molecular formula is C40H31ClO. The van der Waals surface area contributed by atoms with Crippen molar-refractivity contribution in [3.05, 3.63) is 178 Å². The van der Waals surface area contributed by atoms with Crippen LogP contribution in [-0.4, -0.2) is 5.11 Å². The molecule has 0 saturated heterocycles. The molecule has 42 heavy (non-hydrogen) atoms. The number of hydrogen-bond donors (Lipinski definition) is 1. The molecule has 0 saturated carbocycles. The highest BCUT2D eigenvalue weighted by Crippen LogP contribution is 2.54. The molecule has 0 fully saturated rings. The standard InChI is InChI=1S/C40H31ClO/c1-39(2)37-25-29(27-12-5-3-6-13-27)20-22-35(37)40(42,34-19-10-9-18-33(34)31-16-11-17-32(41)24-31)36-23-21-30(26-38(36)39)28-14-7-4-8-15-28/h3-26,42H,1-2H3. The van der Waals surface area contributed by atoms with Crippen molar-refractivity contribution in [2.45, 2.75) is 24.9 Å². The predicted molar refractivity (Wildman–Crippen MR) is 175 cm³/mol. The van der Waals surface area contributed by atoms with Crippen LogP contribution in [0.25, 0.3) is 33.4 Å². The van der Waals surface area contributed by atoms with Gasteiger partial charge in [0.2, 0.25) is 0 Å². The van der Waals surface area contributed by atoms with Gasteiger partial charge in [-0.1, -0.05) is 147 Å². The van der Waals surface area contributed by atoms with Crippen LogP contribution in [0, 0.1) is 0 Å². The molecule has 0 aromatic heterocycles. The second kappa shape index (κ2) is 10.1. The summed E-state index contributed by atoms with van der Waals surface area (Å²) in [5, 5.41) is 13.9. The van der Waals surface area contributed by atoms with Crippen LogP contribution in [0.4, 0.5) is 0 Å². The molecule has 7 rings (SSSR count). The number of rotatable bonds is 4. The Balaban J connectivity index is 1.54. The lowest BCUT2D eigenvalue weighted by atomic mass is 9.60. The third kappa shape index (κ3) is 4.20. The molecule has 6 aromatic rings. The van der Waals surface area contributed by atoms with Gasteiger partial charge in [0.15, 0.2) is 0 Å². The lowest BCUT2D eigenvalue weighted by molar-refractivity contribution is 0.117. The first kappa shape index (κ1) is 26.5. The molecule has 0 aliphatic heterocycles. The van der Waals surface area contributed by atoms with E-state index in [2.05, 4.69) is 117 Å². The van der Waals surface area contributed by atoms with Crippen molar-refractivity contribution in [2.24, 2.45) is 0 Å². The van der Waals surface area contributed by atoms with E-state index in [4.69, 9.17) is 11.6 Å². The molecule has 0 atom stereocenters. The zero-order valence-electron chi connectivity index (χ0n) is 23.7. The van der Waals surface area contributed by atoms with Crippen molar-refractivity contribution < 1.29 is 5.11 Å². The fourth-order valence-electron chi connectivity index (χ4n) is 6.66. The van der Waals surface area contributed by atoms with Crippen LogP contribution in [0.15, 0.2) is 146 Å². The highest BCUT2D eigenvalue weighted by Gasteiger charge is 2.48. The van der Waals surface area contributed by atoms with Crippen molar-refractivity contribution in [1.29, 1.82) is 0 Å². The SMILES string of the molecule is CC1(C)c2cc(-c3ccccc3)ccc2C(O)(c2ccccc2-c2cccc(Cl)c2)c2ccc(-c3ccccc3)cc21. The Morgan fingerprint density at radius 1 is 0.429 bits per heavy atom. The molecule has 6 aromatic carbocycles. The third-order valence-corrected chi connectivity index (χ3v) is 9.07. The fraction of sp³-hybridized carbons (Fsp3) is 0.100.